The maximum Gasteiger partial charge on any atom is -0.0102 e. The largest absolute Gasteiger partial charge is 0.0622 e. The first kappa shape index (κ1) is 20.4. The van der Waals surface area contributed by atoms with Crippen molar-refractivity contribution in [3.05, 3.63) is 83.9 Å². The summed E-state index contributed by atoms with van der Waals surface area (Å²) in [5.74, 6) is 0. The first-order valence-corrected chi connectivity index (χ1v) is 10.4. The first-order valence-electron chi connectivity index (χ1n) is 10.4. The molecule has 28 heavy (non-hydrogen) atoms. The lowest BCUT2D eigenvalue weighted by Crippen LogP contribution is -2.15. The fraction of sp³-hybridized carbons (Fsp3) is 0.357. The van der Waals surface area contributed by atoms with Crippen LogP contribution in [0.2, 0.25) is 0 Å². The Labute approximate surface area is 171 Å². The summed E-state index contributed by atoms with van der Waals surface area (Å²) >= 11 is 0. The van der Waals surface area contributed by atoms with Crippen molar-refractivity contribution in [1.29, 1.82) is 0 Å². The summed E-state index contributed by atoms with van der Waals surface area (Å²) in [7, 11) is 0. The van der Waals surface area contributed by atoms with Gasteiger partial charge in [0.25, 0.3) is 0 Å². The van der Waals surface area contributed by atoms with Crippen LogP contribution in [0, 0.1) is 10.8 Å². The van der Waals surface area contributed by atoms with Gasteiger partial charge in [0.15, 0.2) is 0 Å². The lowest BCUT2D eigenvalue weighted by molar-refractivity contribution is 0.392. The molecule has 0 fully saturated rings. The molecule has 0 bridgehead atoms. The van der Waals surface area contributed by atoms with Crippen LogP contribution in [0.5, 0.6) is 0 Å². The molecule has 3 aromatic rings. The third-order valence-corrected chi connectivity index (χ3v) is 4.95. The Morgan fingerprint density at radius 3 is 1.11 bits per heavy atom. The van der Waals surface area contributed by atoms with Crippen molar-refractivity contribution in [3.63, 3.8) is 0 Å². The maximum atomic E-state index is 2.46. The minimum Gasteiger partial charge on any atom is -0.0622 e. The highest BCUT2D eigenvalue weighted by Gasteiger charge is 2.21. The predicted molar refractivity (Wildman–Crippen MR) is 124 cm³/mol. The van der Waals surface area contributed by atoms with Gasteiger partial charge in [-0.15, -0.1) is 0 Å². The summed E-state index contributed by atoms with van der Waals surface area (Å²) in [6, 6.07) is 26.6. The molecule has 0 radical (unpaired) electrons. The van der Waals surface area contributed by atoms with Crippen molar-refractivity contribution in [2.75, 3.05) is 0 Å². The second-order valence-electron chi connectivity index (χ2n) is 10.4. The molecule has 0 saturated heterocycles. The standard InChI is InChI=1S/C28H34/c1-27(2,3)19-23-17-25(21-13-9-7-10-14-21)26(22-15-11-8-12-16-22)18-24(23)20-28(4,5)6/h7-18H,19-20H2,1-6H3. The maximum absolute atomic E-state index is 2.46. The summed E-state index contributed by atoms with van der Waals surface area (Å²) in [5, 5.41) is 0. The van der Waals surface area contributed by atoms with Crippen molar-refractivity contribution < 1.29 is 0 Å². The lowest BCUT2D eigenvalue weighted by atomic mass is 9.78. The van der Waals surface area contributed by atoms with Gasteiger partial charge in [0, 0.05) is 0 Å². The van der Waals surface area contributed by atoms with E-state index in [4.69, 9.17) is 0 Å². The molecule has 0 spiro atoms. The van der Waals surface area contributed by atoms with Gasteiger partial charge in [-0.2, -0.15) is 0 Å². The summed E-state index contributed by atoms with van der Waals surface area (Å²) in [6.45, 7) is 14.0. The van der Waals surface area contributed by atoms with E-state index < -0.39 is 0 Å². The quantitative estimate of drug-likeness (QED) is 0.434. The number of hydrogen-bond donors (Lipinski definition) is 0. The third-order valence-electron chi connectivity index (χ3n) is 4.95. The Kier molecular flexibility index (Phi) is 5.79. The molecule has 0 N–H and O–H groups in total. The molecule has 0 atom stereocenters. The monoisotopic (exact) mass is 370 g/mol. The molecule has 0 aliphatic heterocycles. The van der Waals surface area contributed by atoms with Gasteiger partial charge < -0.3 is 0 Å². The van der Waals surface area contributed by atoms with Gasteiger partial charge in [0.05, 0.1) is 0 Å². The normalized spacial score (nSPS) is 12.2. The fourth-order valence-corrected chi connectivity index (χ4v) is 3.87. The van der Waals surface area contributed by atoms with E-state index in [1.807, 2.05) is 0 Å². The van der Waals surface area contributed by atoms with Crippen LogP contribution in [0.1, 0.15) is 52.7 Å². The van der Waals surface area contributed by atoms with Gasteiger partial charge >= 0.3 is 0 Å². The van der Waals surface area contributed by atoms with E-state index in [1.165, 1.54) is 33.4 Å². The van der Waals surface area contributed by atoms with Crippen LogP contribution in [-0.4, -0.2) is 0 Å². The molecule has 0 unspecified atom stereocenters. The van der Waals surface area contributed by atoms with Crippen molar-refractivity contribution in [2.24, 2.45) is 10.8 Å². The minimum atomic E-state index is 0.259. The Morgan fingerprint density at radius 1 is 0.500 bits per heavy atom. The van der Waals surface area contributed by atoms with Gasteiger partial charge in [0.1, 0.15) is 0 Å². The second-order valence-corrected chi connectivity index (χ2v) is 10.4. The van der Waals surface area contributed by atoms with Crippen LogP contribution in [0.15, 0.2) is 72.8 Å². The zero-order valence-electron chi connectivity index (χ0n) is 18.3. The van der Waals surface area contributed by atoms with Crippen molar-refractivity contribution in [3.8, 4) is 22.3 Å². The highest BCUT2D eigenvalue weighted by atomic mass is 14.3. The Balaban J connectivity index is 2.25. The van der Waals surface area contributed by atoms with E-state index in [-0.39, 0.29) is 10.8 Å². The third kappa shape index (κ3) is 5.35. The van der Waals surface area contributed by atoms with Gasteiger partial charge in [-0.25, -0.2) is 0 Å². The SMILES string of the molecule is CC(C)(C)Cc1cc(-c2ccccc2)c(-c2ccccc2)cc1CC(C)(C)C. The van der Waals surface area contributed by atoms with E-state index >= 15 is 0 Å². The molecule has 0 amide bonds. The molecule has 146 valence electrons. The van der Waals surface area contributed by atoms with Gasteiger partial charge in [-0.05, 0) is 57.1 Å². The smallest absolute Gasteiger partial charge is 0.0102 e. The molecule has 3 aromatic carbocycles. The predicted octanol–water partition coefficient (Wildman–Crippen LogP) is 8.20. The van der Waals surface area contributed by atoms with Crippen molar-refractivity contribution in [2.45, 2.75) is 54.4 Å². The molecule has 0 nitrogen and oxygen atoms in total. The number of benzene rings is 3. The van der Waals surface area contributed by atoms with Crippen LogP contribution >= 0.6 is 0 Å². The summed E-state index contributed by atoms with van der Waals surface area (Å²) < 4.78 is 0. The molecular formula is C28H34. The van der Waals surface area contributed by atoms with Crippen LogP contribution in [0.4, 0.5) is 0 Å². The summed E-state index contributed by atoms with van der Waals surface area (Å²) in [4.78, 5) is 0. The molecule has 0 aliphatic carbocycles. The zero-order chi connectivity index (χ0) is 20.4. The van der Waals surface area contributed by atoms with E-state index in [0.29, 0.717) is 0 Å². The van der Waals surface area contributed by atoms with Crippen molar-refractivity contribution >= 4 is 0 Å². The van der Waals surface area contributed by atoms with Crippen LogP contribution in [0.3, 0.4) is 0 Å². The van der Waals surface area contributed by atoms with E-state index in [9.17, 15) is 0 Å². The van der Waals surface area contributed by atoms with Gasteiger partial charge in [-0.1, -0.05) is 114 Å². The minimum absolute atomic E-state index is 0.259. The zero-order valence-corrected chi connectivity index (χ0v) is 18.3. The van der Waals surface area contributed by atoms with Crippen molar-refractivity contribution in [1.82, 2.24) is 0 Å². The molecule has 0 heterocycles. The van der Waals surface area contributed by atoms with E-state index in [2.05, 4.69) is 114 Å². The molecular weight excluding hydrogens is 336 g/mol. The average molecular weight is 371 g/mol. The molecule has 0 saturated carbocycles. The highest BCUT2D eigenvalue weighted by molar-refractivity contribution is 5.84. The van der Waals surface area contributed by atoms with E-state index in [0.717, 1.165) is 12.8 Å². The lowest BCUT2D eigenvalue weighted by Gasteiger charge is -2.26. The van der Waals surface area contributed by atoms with Crippen LogP contribution in [-0.2, 0) is 12.8 Å². The number of hydrogen-bond acceptors (Lipinski definition) is 0. The molecule has 3 rings (SSSR count). The highest BCUT2D eigenvalue weighted by Crippen LogP contribution is 2.38. The van der Waals surface area contributed by atoms with Crippen LogP contribution < -0.4 is 0 Å². The molecule has 0 aliphatic rings. The molecule has 0 heteroatoms. The first-order chi connectivity index (χ1) is 13.1. The number of rotatable bonds is 4. The topological polar surface area (TPSA) is 0 Å². The Hall–Kier alpha value is -2.34. The fourth-order valence-electron chi connectivity index (χ4n) is 3.87. The summed E-state index contributed by atoms with van der Waals surface area (Å²) in [5.41, 5.74) is 8.75. The van der Waals surface area contributed by atoms with Gasteiger partial charge in [-0.3, -0.25) is 0 Å². The van der Waals surface area contributed by atoms with E-state index in [1.54, 1.807) is 0 Å². The molecule has 0 aromatic heterocycles. The van der Waals surface area contributed by atoms with Gasteiger partial charge in [0.2, 0.25) is 0 Å². The second kappa shape index (κ2) is 7.95. The average Bonchev–Trinajstić information content (AvgIpc) is 2.62. The van der Waals surface area contributed by atoms with Crippen LogP contribution in [0.25, 0.3) is 22.3 Å². The Morgan fingerprint density at radius 2 is 0.821 bits per heavy atom. The summed E-state index contributed by atoms with van der Waals surface area (Å²) in [6.07, 6.45) is 2.18. The Bertz CT molecular complexity index is 825.